The monoisotopic (exact) mass is 192 g/mol. The fourth-order valence-corrected chi connectivity index (χ4v) is 10.8. The Balaban J connectivity index is 2.39. The van der Waals surface area contributed by atoms with Crippen molar-refractivity contribution < 1.29 is 0 Å². The van der Waals surface area contributed by atoms with E-state index >= 15 is 0 Å². The molecule has 1 unspecified atom stereocenters. The zero-order chi connectivity index (χ0) is 7.61. The highest BCUT2D eigenvalue weighted by Gasteiger charge is 2.27. The molecule has 0 amide bonds. The van der Waals surface area contributed by atoms with Crippen molar-refractivity contribution in [2.24, 2.45) is 0 Å². The first kappa shape index (κ1) is 9.17. The Labute approximate surface area is 68.8 Å². The molecule has 1 saturated heterocycles. The van der Waals surface area contributed by atoms with Crippen molar-refractivity contribution in [2.75, 3.05) is 12.3 Å². The van der Waals surface area contributed by atoms with E-state index in [-0.39, 0.29) is 0 Å². The molecule has 0 radical (unpaired) electrons. The van der Waals surface area contributed by atoms with Gasteiger partial charge in [-0.15, -0.1) is 16.3 Å². The van der Waals surface area contributed by atoms with Gasteiger partial charge in [0.2, 0.25) is 0 Å². The van der Waals surface area contributed by atoms with Gasteiger partial charge in [0.05, 0.1) is 7.41 Å². The molecule has 0 spiro atoms. The molecular weight excluding hydrogens is 174 g/mol. The van der Waals surface area contributed by atoms with Crippen LogP contribution in [-0.4, -0.2) is 19.7 Å². The Hall–Kier alpha value is 1.08. The second-order valence-corrected chi connectivity index (χ2v) is 20.1. The Morgan fingerprint density at radius 2 is 1.60 bits per heavy atom. The molecule has 0 nitrogen and oxygen atoms in total. The highest BCUT2D eigenvalue weighted by atomic mass is 31.6. The van der Waals surface area contributed by atoms with Crippen LogP contribution >= 0.6 is 16.3 Å². The molecule has 1 rings (SSSR count). The summed E-state index contributed by atoms with van der Waals surface area (Å²) in [6.45, 7) is 5.02. The predicted octanol–water partition coefficient (Wildman–Crippen LogP) is 3.23. The van der Waals surface area contributed by atoms with Crippen LogP contribution in [0.25, 0.3) is 0 Å². The summed E-state index contributed by atoms with van der Waals surface area (Å²) in [6.07, 6.45) is 7.72. The maximum absolute atomic E-state index is 3.15. The van der Waals surface area contributed by atoms with E-state index in [1.807, 2.05) is 0 Å². The lowest BCUT2D eigenvalue weighted by molar-refractivity contribution is 0.756. The summed E-state index contributed by atoms with van der Waals surface area (Å²) < 4.78 is 0. The summed E-state index contributed by atoms with van der Waals surface area (Å²) in [5, 5.41) is 0. The molecule has 0 aromatic rings. The smallest absolute Gasteiger partial charge is 0.0952 e. The Morgan fingerprint density at radius 3 is 1.90 bits per heavy atom. The van der Waals surface area contributed by atoms with Crippen LogP contribution in [0.1, 0.15) is 19.3 Å². The molecule has 60 valence electrons. The molecule has 1 heterocycles. The maximum atomic E-state index is 3.15. The standard InChI is InChI=1S/C7H18P2Si/c1-10(2,8)9-6-4-3-5-7-9/h3-8H2,1-2H3. The molecule has 10 heavy (non-hydrogen) atoms. The summed E-state index contributed by atoms with van der Waals surface area (Å²) in [5.74, 6) is 0. The van der Waals surface area contributed by atoms with Gasteiger partial charge >= 0.3 is 0 Å². The van der Waals surface area contributed by atoms with Crippen molar-refractivity contribution in [3.05, 3.63) is 0 Å². The van der Waals surface area contributed by atoms with Gasteiger partial charge in [-0.25, -0.2) is 0 Å². The van der Waals surface area contributed by atoms with Crippen LogP contribution in [0.4, 0.5) is 0 Å². The SMILES string of the molecule is C[Si](C)(P)P1CCCCC1. The van der Waals surface area contributed by atoms with Crippen molar-refractivity contribution >= 4 is 23.7 Å². The zero-order valence-corrected chi connectivity index (χ0v) is 10.1. The second kappa shape index (κ2) is 3.65. The fourth-order valence-electron chi connectivity index (χ4n) is 1.47. The van der Waals surface area contributed by atoms with Crippen molar-refractivity contribution in [3.63, 3.8) is 0 Å². The third kappa shape index (κ3) is 2.60. The molecule has 0 aromatic carbocycles. The lowest BCUT2D eigenvalue weighted by atomic mass is 10.3. The quantitative estimate of drug-likeness (QED) is 0.442. The van der Waals surface area contributed by atoms with Gasteiger partial charge in [-0.1, -0.05) is 19.5 Å². The topological polar surface area (TPSA) is 0 Å². The van der Waals surface area contributed by atoms with Crippen molar-refractivity contribution in [3.8, 4) is 0 Å². The van der Waals surface area contributed by atoms with E-state index in [4.69, 9.17) is 0 Å². The maximum Gasteiger partial charge on any atom is 0.0952 e. The molecule has 1 fully saturated rings. The summed E-state index contributed by atoms with van der Waals surface area (Å²) in [5.41, 5.74) is 0. The molecule has 0 aliphatic carbocycles. The number of hydrogen-bond acceptors (Lipinski definition) is 0. The molecule has 0 bridgehead atoms. The lowest BCUT2D eigenvalue weighted by Crippen LogP contribution is -2.19. The van der Waals surface area contributed by atoms with E-state index in [0.717, 1.165) is 0 Å². The van der Waals surface area contributed by atoms with Crippen LogP contribution in [0.15, 0.2) is 0 Å². The van der Waals surface area contributed by atoms with Gasteiger partial charge < -0.3 is 0 Å². The summed E-state index contributed by atoms with van der Waals surface area (Å²) in [7, 11) is 2.87. The Morgan fingerprint density at radius 1 is 1.10 bits per heavy atom. The number of rotatable bonds is 1. The molecule has 1 aliphatic heterocycles. The minimum absolute atomic E-state index is 0.489. The largest absolute Gasteiger partial charge is 0.144 e. The zero-order valence-electron chi connectivity index (χ0n) is 7.06. The normalized spacial score (nSPS) is 23.1. The minimum atomic E-state index is -0.775. The predicted molar refractivity (Wildman–Crippen MR) is 57.7 cm³/mol. The summed E-state index contributed by atoms with van der Waals surface area (Å²) in [6, 6.07) is 0. The lowest BCUT2D eigenvalue weighted by Gasteiger charge is -2.32. The first-order valence-corrected chi connectivity index (χ1v) is 11.5. The molecule has 0 saturated carbocycles. The van der Waals surface area contributed by atoms with Crippen LogP contribution in [0.3, 0.4) is 0 Å². The highest BCUT2D eigenvalue weighted by molar-refractivity contribution is 8.14. The highest BCUT2D eigenvalue weighted by Crippen LogP contribution is 2.53. The van der Waals surface area contributed by atoms with E-state index in [9.17, 15) is 0 Å². The molecular formula is C7H18P2Si. The van der Waals surface area contributed by atoms with Crippen LogP contribution in [0.5, 0.6) is 0 Å². The van der Waals surface area contributed by atoms with Crippen molar-refractivity contribution in [1.29, 1.82) is 0 Å². The summed E-state index contributed by atoms with van der Waals surface area (Å²) in [4.78, 5) is 0. The Bertz CT molecular complexity index is 103. The van der Waals surface area contributed by atoms with E-state index < -0.39 is 7.41 Å². The van der Waals surface area contributed by atoms with Gasteiger partial charge in [0.15, 0.2) is 0 Å². The average molecular weight is 192 g/mol. The van der Waals surface area contributed by atoms with Gasteiger partial charge in [-0.05, 0) is 25.2 Å². The fraction of sp³-hybridized carbons (Fsp3) is 1.00. The van der Waals surface area contributed by atoms with E-state index in [1.54, 1.807) is 12.3 Å². The van der Waals surface area contributed by atoms with Gasteiger partial charge in [-0.3, -0.25) is 0 Å². The van der Waals surface area contributed by atoms with Gasteiger partial charge in [-0.2, -0.15) is 0 Å². The van der Waals surface area contributed by atoms with E-state index in [1.165, 1.54) is 19.3 Å². The van der Waals surface area contributed by atoms with Gasteiger partial charge in [0, 0.05) is 0 Å². The van der Waals surface area contributed by atoms with Gasteiger partial charge in [0.1, 0.15) is 0 Å². The third-order valence-corrected chi connectivity index (χ3v) is 15.0. The molecule has 0 aromatic heterocycles. The molecule has 0 N–H and O–H groups in total. The average Bonchev–Trinajstić information content (AvgIpc) is 1.88. The van der Waals surface area contributed by atoms with Gasteiger partial charge in [0.25, 0.3) is 0 Å². The molecule has 1 atom stereocenters. The van der Waals surface area contributed by atoms with Crippen molar-refractivity contribution in [2.45, 2.75) is 32.4 Å². The second-order valence-electron chi connectivity index (χ2n) is 3.70. The molecule has 3 heteroatoms. The third-order valence-electron chi connectivity index (χ3n) is 2.17. The van der Waals surface area contributed by atoms with Crippen LogP contribution in [-0.2, 0) is 0 Å². The first-order valence-electron chi connectivity index (χ1n) is 4.14. The number of hydrogen-bond donors (Lipinski definition) is 0. The van der Waals surface area contributed by atoms with E-state index in [0.29, 0.717) is 7.47 Å². The Kier molecular flexibility index (Phi) is 3.35. The van der Waals surface area contributed by atoms with E-state index in [2.05, 4.69) is 21.9 Å². The molecule has 1 aliphatic rings. The van der Waals surface area contributed by atoms with Crippen molar-refractivity contribution in [1.82, 2.24) is 0 Å². The summed E-state index contributed by atoms with van der Waals surface area (Å²) >= 11 is 0. The van der Waals surface area contributed by atoms with Crippen LogP contribution in [0.2, 0.25) is 13.1 Å². The minimum Gasteiger partial charge on any atom is -0.144 e. The van der Waals surface area contributed by atoms with Crippen LogP contribution < -0.4 is 0 Å². The first-order chi connectivity index (χ1) is 4.61. The van der Waals surface area contributed by atoms with Crippen LogP contribution in [0, 0.1) is 0 Å².